The van der Waals surface area contributed by atoms with Crippen LogP contribution in [-0.4, -0.2) is 21.3 Å². The molecule has 0 aliphatic rings. The maximum atomic E-state index is 11.7. The Morgan fingerprint density at radius 2 is 1.94 bits per heavy atom. The van der Waals surface area contributed by atoms with Gasteiger partial charge in [-0.25, -0.2) is 14.5 Å². The molecule has 2 rings (SSSR count). The SMILES string of the molecule is NCCc1n[nH]c(=O)n1-c1cc(Cl)cc(Cl)c1. The molecule has 1 aromatic heterocycles. The minimum absolute atomic E-state index is 0.341. The lowest BCUT2D eigenvalue weighted by atomic mass is 10.3. The smallest absolute Gasteiger partial charge is 0.330 e. The number of hydrogen-bond donors (Lipinski definition) is 2. The number of benzene rings is 1. The summed E-state index contributed by atoms with van der Waals surface area (Å²) in [7, 11) is 0. The van der Waals surface area contributed by atoms with Crippen LogP contribution in [0.25, 0.3) is 5.69 Å². The van der Waals surface area contributed by atoms with Crippen LogP contribution in [-0.2, 0) is 6.42 Å². The van der Waals surface area contributed by atoms with E-state index in [1.165, 1.54) is 4.57 Å². The average molecular weight is 273 g/mol. The standard InChI is InChI=1S/C10H10Cl2N4O/c11-6-3-7(12)5-8(4-6)16-9(1-2-13)14-15-10(16)17/h3-5H,1-2,13H2,(H,15,17). The largest absolute Gasteiger partial charge is 0.347 e. The van der Waals surface area contributed by atoms with Crippen LogP contribution < -0.4 is 11.4 Å². The summed E-state index contributed by atoms with van der Waals surface area (Å²) in [6, 6.07) is 4.88. The highest BCUT2D eigenvalue weighted by molar-refractivity contribution is 6.34. The van der Waals surface area contributed by atoms with E-state index in [0.29, 0.717) is 34.5 Å². The zero-order valence-electron chi connectivity index (χ0n) is 8.78. The van der Waals surface area contributed by atoms with Gasteiger partial charge in [0.2, 0.25) is 0 Å². The second kappa shape index (κ2) is 4.91. The third-order valence-electron chi connectivity index (χ3n) is 2.22. The third-order valence-corrected chi connectivity index (χ3v) is 2.65. The summed E-state index contributed by atoms with van der Waals surface area (Å²) in [6.45, 7) is 0.401. The van der Waals surface area contributed by atoms with Crippen molar-refractivity contribution in [2.75, 3.05) is 6.54 Å². The molecule has 0 radical (unpaired) electrons. The maximum Gasteiger partial charge on any atom is 0.347 e. The Kier molecular flexibility index (Phi) is 3.51. The van der Waals surface area contributed by atoms with Gasteiger partial charge >= 0.3 is 5.69 Å². The van der Waals surface area contributed by atoms with E-state index >= 15 is 0 Å². The Hall–Kier alpha value is -1.30. The van der Waals surface area contributed by atoms with Crippen LogP contribution in [0.15, 0.2) is 23.0 Å². The third kappa shape index (κ3) is 2.52. The van der Waals surface area contributed by atoms with Crippen LogP contribution >= 0.6 is 23.2 Å². The first-order valence-electron chi connectivity index (χ1n) is 4.94. The zero-order chi connectivity index (χ0) is 12.4. The van der Waals surface area contributed by atoms with Gasteiger partial charge in [-0.3, -0.25) is 0 Å². The fourth-order valence-electron chi connectivity index (χ4n) is 1.56. The molecule has 2 aromatic rings. The molecule has 0 bridgehead atoms. The fraction of sp³-hybridized carbons (Fsp3) is 0.200. The number of H-pyrrole nitrogens is 1. The molecule has 0 saturated carbocycles. The summed E-state index contributed by atoms with van der Waals surface area (Å²) < 4.78 is 1.41. The van der Waals surface area contributed by atoms with Crippen LogP contribution in [0.1, 0.15) is 5.82 Å². The predicted molar refractivity (Wildman–Crippen MR) is 67.0 cm³/mol. The first kappa shape index (κ1) is 12.2. The van der Waals surface area contributed by atoms with Gasteiger partial charge in [0.05, 0.1) is 5.69 Å². The van der Waals surface area contributed by atoms with E-state index in [1.807, 2.05) is 0 Å². The Bertz CT molecular complexity index is 570. The Balaban J connectivity index is 2.59. The molecule has 0 spiro atoms. The molecule has 0 atom stereocenters. The lowest BCUT2D eigenvalue weighted by molar-refractivity contribution is 0.824. The normalized spacial score (nSPS) is 10.8. The Morgan fingerprint density at radius 1 is 1.29 bits per heavy atom. The van der Waals surface area contributed by atoms with Gasteiger partial charge < -0.3 is 5.73 Å². The van der Waals surface area contributed by atoms with Crippen LogP contribution in [0, 0.1) is 0 Å². The molecule has 1 aromatic carbocycles. The minimum Gasteiger partial charge on any atom is -0.330 e. The highest BCUT2D eigenvalue weighted by Crippen LogP contribution is 2.21. The highest BCUT2D eigenvalue weighted by Gasteiger charge is 2.10. The van der Waals surface area contributed by atoms with Crippen molar-refractivity contribution < 1.29 is 0 Å². The lowest BCUT2D eigenvalue weighted by Crippen LogP contribution is -2.18. The highest BCUT2D eigenvalue weighted by atomic mass is 35.5. The van der Waals surface area contributed by atoms with Crippen molar-refractivity contribution in [2.45, 2.75) is 6.42 Å². The number of hydrogen-bond acceptors (Lipinski definition) is 3. The topological polar surface area (TPSA) is 76.7 Å². The van der Waals surface area contributed by atoms with E-state index in [2.05, 4.69) is 10.2 Å². The summed E-state index contributed by atoms with van der Waals surface area (Å²) in [5, 5.41) is 7.19. The van der Waals surface area contributed by atoms with Gasteiger partial charge in [-0.1, -0.05) is 23.2 Å². The van der Waals surface area contributed by atoms with Gasteiger partial charge in [0, 0.05) is 16.5 Å². The van der Waals surface area contributed by atoms with Crippen molar-refractivity contribution in [2.24, 2.45) is 5.73 Å². The van der Waals surface area contributed by atoms with Gasteiger partial charge in [-0.2, -0.15) is 5.10 Å². The van der Waals surface area contributed by atoms with Crippen LogP contribution in [0.5, 0.6) is 0 Å². The average Bonchev–Trinajstić information content (AvgIpc) is 2.59. The van der Waals surface area contributed by atoms with Crippen LogP contribution in [0.2, 0.25) is 10.0 Å². The molecule has 0 saturated heterocycles. The zero-order valence-corrected chi connectivity index (χ0v) is 10.3. The summed E-state index contributed by atoms with van der Waals surface area (Å²) in [5.74, 6) is 0.552. The number of rotatable bonds is 3. The van der Waals surface area contributed by atoms with Crippen molar-refractivity contribution in [1.82, 2.24) is 14.8 Å². The maximum absolute atomic E-state index is 11.7. The van der Waals surface area contributed by atoms with Crippen LogP contribution in [0.4, 0.5) is 0 Å². The van der Waals surface area contributed by atoms with E-state index < -0.39 is 0 Å². The number of aromatic amines is 1. The molecular weight excluding hydrogens is 263 g/mol. The molecule has 3 N–H and O–H groups in total. The second-order valence-corrected chi connectivity index (χ2v) is 4.32. The molecule has 1 heterocycles. The first-order chi connectivity index (χ1) is 8.11. The van der Waals surface area contributed by atoms with E-state index in [0.717, 1.165) is 0 Å². The quantitative estimate of drug-likeness (QED) is 0.886. The van der Waals surface area contributed by atoms with E-state index in [9.17, 15) is 4.79 Å². The minimum atomic E-state index is -0.341. The van der Waals surface area contributed by atoms with Crippen molar-refractivity contribution in [3.05, 3.63) is 44.6 Å². The molecule has 5 nitrogen and oxygen atoms in total. The summed E-state index contributed by atoms with van der Waals surface area (Å²) in [5.41, 5.74) is 5.69. The fourth-order valence-corrected chi connectivity index (χ4v) is 2.08. The number of halogens is 2. The van der Waals surface area contributed by atoms with Crippen molar-refractivity contribution in [3.8, 4) is 5.69 Å². The van der Waals surface area contributed by atoms with Gasteiger partial charge in [0.1, 0.15) is 5.82 Å². The lowest BCUT2D eigenvalue weighted by Gasteiger charge is -2.06. The Labute approximate surface area is 107 Å². The van der Waals surface area contributed by atoms with Crippen molar-refractivity contribution >= 4 is 23.2 Å². The van der Waals surface area contributed by atoms with Crippen LogP contribution in [0.3, 0.4) is 0 Å². The van der Waals surface area contributed by atoms with Gasteiger partial charge in [0.15, 0.2) is 0 Å². The molecule has 90 valence electrons. The van der Waals surface area contributed by atoms with Crippen molar-refractivity contribution in [1.29, 1.82) is 0 Å². The summed E-state index contributed by atoms with van der Waals surface area (Å²) >= 11 is 11.8. The van der Waals surface area contributed by atoms with Gasteiger partial charge in [0.25, 0.3) is 0 Å². The molecule has 7 heteroatoms. The van der Waals surface area contributed by atoms with E-state index in [4.69, 9.17) is 28.9 Å². The monoisotopic (exact) mass is 272 g/mol. The van der Waals surface area contributed by atoms with E-state index in [1.54, 1.807) is 18.2 Å². The number of aromatic nitrogens is 3. The molecule has 0 fully saturated rings. The summed E-state index contributed by atoms with van der Waals surface area (Å²) in [6.07, 6.45) is 0.489. The molecule has 0 aliphatic carbocycles. The molecule has 0 unspecified atom stereocenters. The molecule has 0 aliphatic heterocycles. The summed E-state index contributed by atoms with van der Waals surface area (Å²) in [4.78, 5) is 11.7. The predicted octanol–water partition coefficient (Wildman–Crippen LogP) is 1.37. The molecule has 0 amide bonds. The molecular formula is C10H10Cl2N4O. The van der Waals surface area contributed by atoms with E-state index in [-0.39, 0.29) is 5.69 Å². The van der Waals surface area contributed by atoms with Gasteiger partial charge in [-0.15, -0.1) is 0 Å². The first-order valence-corrected chi connectivity index (χ1v) is 5.70. The Morgan fingerprint density at radius 3 is 2.53 bits per heavy atom. The molecule has 17 heavy (non-hydrogen) atoms. The number of nitrogens with zero attached hydrogens (tertiary/aromatic N) is 2. The van der Waals surface area contributed by atoms with Gasteiger partial charge in [-0.05, 0) is 24.7 Å². The number of nitrogens with one attached hydrogen (secondary N) is 1. The van der Waals surface area contributed by atoms with Crippen molar-refractivity contribution in [3.63, 3.8) is 0 Å². The second-order valence-electron chi connectivity index (χ2n) is 3.45. The number of nitrogens with two attached hydrogens (primary N) is 1.